The molecule has 4 fully saturated rings. The molecule has 4 aliphatic carbocycles. The van der Waals surface area contributed by atoms with Crippen LogP contribution in [0.4, 0.5) is 4.39 Å². The van der Waals surface area contributed by atoms with Gasteiger partial charge in [0.05, 0.1) is 6.42 Å². The summed E-state index contributed by atoms with van der Waals surface area (Å²) in [7, 11) is 0. The molecule has 110 valence electrons. The van der Waals surface area contributed by atoms with Crippen molar-refractivity contribution in [3.05, 3.63) is 35.6 Å². The number of carbonyl (C=O) groups is 2. The third kappa shape index (κ3) is 1.59. The number of carboxylic acids is 1. The zero-order valence-corrected chi connectivity index (χ0v) is 11.6. The van der Waals surface area contributed by atoms with Gasteiger partial charge in [-0.1, -0.05) is 12.1 Å². The molecule has 4 aliphatic rings. The minimum absolute atomic E-state index is 0.0261. The Hall–Kier alpha value is -1.71. The minimum atomic E-state index is -0.831. The Labute approximate surface area is 122 Å². The number of hydrogen-bond acceptors (Lipinski definition) is 2. The van der Waals surface area contributed by atoms with Crippen molar-refractivity contribution in [2.24, 2.45) is 23.7 Å². The average Bonchev–Trinajstić information content (AvgIpc) is 2.77. The number of ketones is 1. The summed E-state index contributed by atoms with van der Waals surface area (Å²) in [5.41, 5.74) is 0.421. The van der Waals surface area contributed by atoms with Gasteiger partial charge >= 0.3 is 5.97 Å². The second kappa shape index (κ2) is 4.15. The Bertz CT molecular complexity index is 619. The van der Waals surface area contributed by atoms with Crippen molar-refractivity contribution in [2.75, 3.05) is 0 Å². The molecule has 0 aromatic heterocycles. The molecule has 5 unspecified atom stereocenters. The van der Waals surface area contributed by atoms with Crippen molar-refractivity contribution in [1.82, 2.24) is 0 Å². The highest BCUT2D eigenvalue weighted by Gasteiger charge is 2.66. The van der Waals surface area contributed by atoms with E-state index in [4.69, 9.17) is 0 Å². The highest BCUT2D eigenvalue weighted by molar-refractivity contribution is 5.88. The molecule has 3 nitrogen and oxygen atoms in total. The van der Waals surface area contributed by atoms with Crippen LogP contribution < -0.4 is 0 Å². The summed E-state index contributed by atoms with van der Waals surface area (Å²) in [5.74, 6) is -0.277. The summed E-state index contributed by atoms with van der Waals surface area (Å²) < 4.78 is 13.2. The Balaban J connectivity index is 1.85. The van der Waals surface area contributed by atoms with E-state index in [0.29, 0.717) is 5.78 Å². The first-order valence-corrected chi connectivity index (χ1v) is 7.54. The van der Waals surface area contributed by atoms with Gasteiger partial charge in [-0.15, -0.1) is 0 Å². The molecule has 4 heteroatoms. The van der Waals surface area contributed by atoms with Crippen LogP contribution in [0.3, 0.4) is 0 Å². The van der Waals surface area contributed by atoms with Crippen molar-refractivity contribution >= 4 is 11.8 Å². The molecule has 4 bridgehead atoms. The quantitative estimate of drug-likeness (QED) is 0.930. The summed E-state index contributed by atoms with van der Waals surface area (Å²) >= 11 is 0. The zero-order valence-electron chi connectivity index (χ0n) is 11.6. The van der Waals surface area contributed by atoms with Crippen LogP contribution in [-0.2, 0) is 15.0 Å². The fourth-order valence-electron chi connectivity index (χ4n) is 5.46. The number of hydrogen-bond donors (Lipinski definition) is 1. The number of rotatable bonds is 3. The summed E-state index contributed by atoms with van der Waals surface area (Å²) in [6.45, 7) is 0. The molecule has 4 saturated carbocycles. The van der Waals surface area contributed by atoms with E-state index >= 15 is 0 Å². The lowest BCUT2D eigenvalue weighted by Crippen LogP contribution is -2.43. The molecule has 1 aromatic carbocycles. The molecule has 5 atom stereocenters. The van der Waals surface area contributed by atoms with Crippen molar-refractivity contribution in [2.45, 2.75) is 31.1 Å². The van der Waals surface area contributed by atoms with Gasteiger partial charge in [0.1, 0.15) is 11.6 Å². The van der Waals surface area contributed by atoms with Gasteiger partial charge in [0.15, 0.2) is 0 Å². The van der Waals surface area contributed by atoms with E-state index in [2.05, 4.69) is 0 Å². The summed E-state index contributed by atoms with van der Waals surface area (Å²) in [6, 6.07) is 6.24. The molecule has 1 aromatic rings. The van der Waals surface area contributed by atoms with E-state index in [9.17, 15) is 19.1 Å². The molecule has 0 radical (unpaired) electrons. The number of benzene rings is 1. The van der Waals surface area contributed by atoms with E-state index in [0.717, 1.165) is 24.8 Å². The maximum atomic E-state index is 13.2. The Morgan fingerprint density at radius 3 is 2.62 bits per heavy atom. The largest absolute Gasteiger partial charge is 0.481 e. The van der Waals surface area contributed by atoms with Crippen molar-refractivity contribution in [3.8, 4) is 0 Å². The van der Waals surface area contributed by atoms with E-state index in [1.807, 2.05) is 0 Å². The first-order valence-electron chi connectivity index (χ1n) is 7.54. The summed E-state index contributed by atoms with van der Waals surface area (Å²) in [4.78, 5) is 23.8. The lowest BCUT2D eigenvalue weighted by Gasteiger charge is -2.43. The van der Waals surface area contributed by atoms with Crippen LogP contribution in [0.1, 0.15) is 31.2 Å². The number of carboxylic acid groups (broad SMARTS) is 1. The molecule has 0 saturated heterocycles. The number of carbonyl (C=O) groups excluding carboxylic acids is 1. The fourth-order valence-corrected chi connectivity index (χ4v) is 5.46. The van der Waals surface area contributed by atoms with Crippen LogP contribution in [-0.4, -0.2) is 16.9 Å². The minimum Gasteiger partial charge on any atom is -0.481 e. The fraction of sp³-hybridized carbons (Fsp3) is 0.529. The lowest BCUT2D eigenvalue weighted by molar-refractivity contribution is -0.139. The van der Waals surface area contributed by atoms with Crippen LogP contribution in [0.5, 0.6) is 0 Å². The third-order valence-corrected chi connectivity index (χ3v) is 6.12. The molecule has 0 amide bonds. The molecule has 1 N–H and O–H groups in total. The average molecular weight is 288 g/mol. The molecule has 0 heterocycles. The number of aliphatic carboxylic acids is 1. The van der Waals surface area contributed by atoms with Crippen LogP contribution in [0.2, 0.25) is 0 Å². The van der Waals surface area contributed by atoms with Crippen LogP contribution >= 0.6 is 0 Å². The first kappa shape index (κ1) is 13.0. The van der Waals surface area contributed by atoms with Gasteiger partial charge in [-0.3, -0.25) is 9.59 Å². The molecular weight excluding hydrogens is 271 g/mol. The maximum absolute atomic E-state index is 13.2. The smallest absolute Gasteiger partial charge is 0.304 e. The molecule has 0 spiro atoms. The van der Waals surface area contributed by atoms with Crippen molar-refractivity contribution in [1.29, 1.82) is 0 Å². The van der Waals surface area contributed by atoms with Gasteiger partial charge in [0.2, 0.25) is 0 Å². The SMILES string of the molecule is O=C(O)CC1(c2ccc(F)cc2)C2CC3CC1C(C2)C3=O. The van der Waals surface area contributed by atoms with Crippen molar-refractivity contribution in [3.63, 3.8) is 0 Å². The van der Waals surface area contributed by atoms with E-state index in [1.54, 1.807) is 12.1 Å². The molecule has 5 rings (SSSR count). The van der Waals surface area contributed by atoms with E-state index < -0.39 is 11.4 Å². The standard InChI is InChI=1S/C17H17FO3/c18-12-3-1-10(2-4-12)17(8-15(19)20)11-5-9-6-14(17)13(7-11)16(9)21/h1-4,9,11,13-14H,5-8H2,(H,19,20). The lowest BCUT2D eigenvalue weighted by atomic mass is 9.59. The Morgan fingerprint density at radius 1 is 1.24 bits per heavy atom. The van der Waals surface area contributed by atoms with Gasteiger partial charge in [0, 0.05) is 17.3 Å². The maximum Gasteiger partial charge on any atom is 0.304 e. The van der Waals surface area contributed by atoms with Gasteiger partial charge in [-0.05, 0) is 48.8 Å². The third-order valence-electron chi connectivity index (χ3n) is 6.12. The van der Waals surface area contributed by atoms with Gasteiger partial charge < -0.3 is 5.11 Å². The molecular formula is C17H17FO3. The number of halogens is 1. The molecule has 21 heavy (non-hydrogen) atoms. The van der Waals surface area contributed by atoms with E-state index in [-0.39, 0.29) is 35.9 Å². The van der Waals surface area contributed by atoms with Crippen LogP contribution in [0.25, 0.3) is 0 Å². The summed E-state index contributed by atoms with van der Waals surface area (Å²) in [6.07, 6.45) is 2.47. The molecule has 0 aliphatic heterocycles. The second-order valence-corrected chi connectivity index (χ2v) is 6.83. The second-order valence-electron chi connectivity index (χ2n) is 6.83. The topological polar surface area (TPSA) is 54.4 Å². The predicted octanol–water partition coefficient (Wildman–Crippen LogP) is 2.78. The monoisotopic (exact) mass is 288 g/mol. The van der Waals surface area contributed by atoms with Crippen molar-refractivity contribution < 1.29 is 19.1 Å². The first-order chi connectivity index (χ1) is 10.0. The Morgan fingerprint density at radius 2 is 1.95 bits per heavy atom. The number of Topliss-reactive ketones (excluding diaryl/α,β-unsaturated/α-hetero) is 1. The highest BCUT2D eigenvalue weighted by Crippen LogP contribution is 2.67. The zero-order chi connectivity index (χ0) is 14.8. The Kier molecular flexibility index (Phi) is 2.57. The highest BCUT2D eigenvalue weighted by atomic mass is 19.1. The van der Waals surface area contributed by atoms with Gasteiger partial charge in [-0.2, -0.15) is 0 Å². The predicted molar refractivity (Wildman–Crippen MR) is 73.1 cm³/mol. The van der Waals surface area contributed by atoms with Gasteiger partial charge in [-0.25, -0.2) is 4.39 Å². The van der Waals surface area contributed by atoms with Gasteiger partial charge in [0.25, 0.3) is 0 Å². The summed E-state index contributed by atoms with van der Waals surface area (Å²) in [5, 5.41) is 9.42. The van der Waals surface area contributed by atoms with Crippen LogP contribution in [0, 0.1) is 29.5 Å². The van der Waals surface area contributed by atoms with Crippen LogP contribution in [0.15, 0.2) is 24.3 Å². The normalized spacial score (nSPS) is 40.0. The van der Waals surface area contributed by atoms with E-state index in [1.165, 1.54) is 12.1 Å².